The highest BCUT2D eigenvalue weighted by atomic mass is 79.9. The van der Waals surface area contributed by atoms with E-state index >= 15 is 0 Å². The van der Waals surface area contributed by atoms with Crippen molar-refractivity contribution in [3.05, 3.63) is 52.5 Å². The summed E-state index contributed by atoms with van der Waals surface area (Å²) in [5.41, 5.74) is 4.39. The second-order valence-corrected chi connectivity index (χ2v) is 7.30. The maximum absolute atomic E-state index is 12.1. The van der Waals surface area contributed by atoms with Gasteiger partial charge in [-0.05, 0) is 45.8 Å². The van der Waals surface area contributed by atoms with Crippen molar-refractivity contribution in [1.82, 2.24) is 10.3 Å². The Hall–Kier alpha value is -2.58. The van der Waals surface area contributed by atoms with Gasteiger partial charge in [0.05, 0.1) is 24.3 Å². The smallest absolute Gasteiger partial charge is 0.254 e. The number of halogens is 1. The van der Waals surface area contributed by atoms with Crippen molar-refractivity contribution in [3.63, 3.8) is 0 Å². The first-order valence-corrected chi connectivity index (χ1v) is 9.77. The number of amides is 1. The van der Waals surface area contributed by atoms with E-state index in [-0.39, 0.29) is 11.7 Å². The number of ether oxygens (including phenoxy) is 1. The van der Waals surface area contributed by atoms with E-state index in [2.05, 4.69) is 48.4 Å². The van der Waals surface area contributed by atoms with Crippen molar-refractivity contribution >= 4 is 33.7 Å². The van der Waals surface area contributed by atoms with Gasteiger partial charge in [-0.2, -0.15) is 5.10 Å². The van der Waals surface area contributed by atoms with Crippen LogP contribution < -0.4 is 15.1 Å². The number of hydrogen-bond donors (Lipinski definition) is 2. The van der Waals surface area contributed by atoms with Crippen LogP contribution in [0.15, 0.2) is 52.0 Å². The molecule has 8 heteroatoms. The molecule has 7 nitrogen and oxygen atoms in total. The van der Waals surface area contributed by atoms with Gasteiger partial charge in [-0.25, -0.2) is 5.43 Å². The first kappa shape index (κ1) is 20.2. The van der Waals surface area contributed by atoms with Crippen LogP contribution in [-0.4, -0.2) is 62.0 Å². The van der Waals surface area contributed by atoms with Crippen molar-refractivity contribution in [2.24, 2.45) is 5.10 Å². The molecule has 0 radical (unpaired) electrons. The van der Waals surface area contributed by atoms with Gasteiger partial charge in [0.15, 0.2) is 11.5 Å². The van der Waals surface area contributed by atoms with Crippen molar-refractivity contribution in [2.45, 2.75) is 0 Å². The number of hydrazone groups is 1. The minimum absolute atomic E-state index is 0.000869. The summed E-state index contributed by atoms with van der Waals surface area (Å²) in [5.74, 6) is 0.193. The van der Waals surface area contributed by atoms with Crippen LogP contribution in [0.2, 0.25) is 0 Å². The van der Waals surface area contributed by atoms with Crippen molar-refractivity contribution in [3.8, 4) is 11.5 Å². The van der Waals surface area contributed by atoms with Crippen molar-refractivity contribution in [2.75, 3.05) is 44.7 Å². The third kappa shape index (κ3) is 5.24. The summed E-state index contributed by atoms with van der Waals surface area (Å²) in [7, 11) is 1.48. The summed E-state index contributed by atoms with van der Waals surface area (Å²) in [4.78, 5) is 16.6. The van der Waals surface area contributed by atoms with E-state index in [1.54, 1.807) is 6.07 Å². The van der Waals surface area contributed by atoms with E-state index < -0.39 is 0 Å². The molecule has 148 valence electrons. The summed E-state index contributed by atoms with van der Waals surface area (Å²) in [5, 5.41) is 13.9. The lowest BCUT2D eigenvalue weighted by Crippen LogP contribution is -2.49. The predicted molar refractivity (Wildman–Crippen MR) is 113 cm³/mol. The molecule has 0 unspecified atom stereocenters. The fraction of sp³-hybridized carbons (Fsp3) is 0.300. The summed E-state index contributed by atoms with van der Waals surface area (Å²) < 4.78 is 5.68. The Balaban J connectivity index is 1.46. The molecule has 1 fully saturated rings. The van der Waals surface area contributed by atoms with Crippen LogP contribution >= 0.6 is 15.9 Å². The van der Waals surface area contributed by atoms with Gasteiger partial charge in [-0.1, -0.05) is 18.2 Å². The number of anilines is 1. The molecule has 1 amide bonds. The molecule has 3 rings (SSSR count). The molecule has 0 spiro atoms. The van der Waals surface area contributed by atoms with E-state index in [0.717, 1.165) is 26.2 Å². The molecule has 1 saturated heterocycles. The Bertz CT molecular complexity index is 814. The van der Waals surface area contributed by atoms with Crippen LogP contribution in [0.25, 0.3) is 0 Å². The molecule has 0 aromatic heterocycles. The van der Waals surface area contributed by atoms with Crippen LogP contribution in [0.1, 0.15) is 5.56 Å². The van der Waals surface area contributed by atoms with E-state index in [1.165, 1.54) is 25.1 Å². The lowest BCUT2D eigenvalue weighted by Gasteiger charge is -2.35. The monoisotopic (exact) mass is 446 g/mol. The van der Waals surface area contributed by atoms with Gasteiger partial charge in [0.2, 0.25) is 0 Å². The fourth-order valence-electron chi connectivity index (χ4n) is 3.10. The Morgan fingerprint density at radius 3 is 2.61 bits per heavy atom. The third-order valence-electron chi connectivity index (χ3n) is 4.51. The summed E-state index contributed by atoms with van der Waals surface area (Å²) in [6.45, 7) is 3.73. The molecule has 0 atom stereocenters. The molecule has 1 aliphatic heterocycles. The second-order valence-electron chi connectivity index (χ2n) is 6.45. The average molecular weight is 447 g/mol. The van der Waals surface area contributed by atoms with Gasteiger partial charge in [0.25, 0.3) is 5.91 Å². The van der Waals surface area contributed by atoms with Crippen LogP contribution in [0.4, 0.5) is 5.69 Å². The number of methoxy groups -OCH3 is 1. The molecule has 2 aromatic carbocycles. The number of nitrogens with one attached hydrogen (secondary N) is 1. The number of nitrogens with zero attached hydrogens (tertiary/aromatic N) is 3. The molecule has 28 heavy (non-hydrogen) atoms. The number of aromatic hydroxyl groups is 1. The zero-order valence-corrected chi connectivity index (χ0v) is 17.2. The largest absolute Gasteiger partial charge is 0.504 e. The zero-order valence-electron chi connectivity index (χ0n) is 15.6. The Kier molecular flexibility index (Phi) is 6.89. The Labute approximate surface area is 172 Å². The van der Waals surface area contributed by atoms with E-state index in [4.69, 9.17) is 4.74 Å². The van der Waals surface area contributed by atoms with E-state index in [0.29, 0.717) is 22.3 Å². The third-order valence-corrected chi connectivity index (χ3v) is 5.10. The lowest BCUT2D eigenvalue weighted by atomic mass is 10.2. The van der Waals surface area contributed by atoms with Crippen LogP contribution in [0.5, 0.6) is 11.5 Å². The van der Waals surface area contributed by atoms with E-state index in [9.17, 15) is 9.90 Å². The summed E-state index contributed by atoms with van der Waals surface area (Å²) in [6.07, 6.45) is 1.48. The number of rotatable bonds is 6. The number of carbonyl (C=O) groups excluding carboxylic acids is 1. The fourth-order valence-corrected chi connectivity index (χ4v) is 3.73. The zero-order chi connectivity index (χ0) is 19.9. The number of para-hydroxylation sites is 1. The van der Waals surface area contributed by atoms with Crippen LogP contribution in [-0.2, 0) is 4.79 Å². The first-order chi connectivity index (χ1) is 13.6. The average Bonchev–Trinajstić information content (AvgIpc) is 2.69. The highest BCUT2D eigenvalue weighted by molar-refractivity contribution is 9.10. The number of benzene rings is 2. The maximum atomic E-state index is 12.1. The quantitative estimate of drug-likeness (QED) is 0.526. The summed E-state index contributed by atoms with van der Waals surface area (Å²) >= 11 is 3.32. The van der Waals surface area contributed by atoms with E-state index in [1.807, 2.05) is 18.2 Å². The predicted octanol–water partition coefficient (Wildman–Crippen LogP) is 2.44. The minimum atomic E-state index is -0.166. The topological polar surface area (TPSA) is 77.4 Å². The molecular weight excluding hydrogens is 424 g/mol. The molecular formula is C20H23BrN4O3. The number of carbonyl (C=O) groups is 1. The molecule has 2 N–H and O–H groups in total. The Morgan fingerprint density at radius 1 is 1.25 bits per heavy atom. The minimum Gasteiger partial charge on any atom is -0.504 e. The Morgan fingerprint density at radius 2 is 1.96 bits per heavy atom. The van der Waals surface area contributed by atoms with Crippen LogP contribution in [0, 0.1) is 0 Å². The second kappa shape index (κ2) is 9.57. The lowest BCUT2D eigenvalue weighted by molar-refractivity contribution is -0.122. The summed E-state index contributed by atoms with van der Waals surface area (Å²) in [6, 6.07) is 13.6. The van der Waals surface area contributed by atoms with Gasteiger partial charge in [-0.15, -0.1) is 0 Å². The number of phenols is 1. The van der Waals surface area contributed by atoms with Crippen molar-refractivity contribution < 1.29 is 14.6 Å². The SMILES string of the molecule is COc1c(O)cc(/C=N/NC(=O)CN2CCN(c3ccccc3)CC2)cc1Br. The first-order valence-electron chi connectivity index (χ1n) is 8.97. The highest BCUT2D eigenvalue weighted by Crippen LogP contribution is 2.34. The molecule has 0 saturated carbocycles. The number of phenolic OH excluding ortho intramolecular Hbond substituents is 1. The number of hydrogen-bond acceptors (Lipinski definition) is 6. The molecule has 2 aromatic rings. The van der Waals surface area contributed by atoms with Gasteiger partial charge < -0.3 is 14.7 Å². The van der Waals surface area contributed by atoms with Crippen molar-refractivity contribution in [1.29, 1.82) is 0 Å². The van der Waals surface area contributed by atoms with Gasteiger partial charge in [0.1, 0.15) is 0 Å². The standard InChI is InChI=1S/C20H23BrN4O3/c1-28-20-17(21)11-15(12-18(20)26)13-22-23-19(27)14-24-7-9-25(10-8-24)16-5-3-2-4-6-16/h2-6,11-13,26H,7-10,14H2,1H3,(H,23,27)/b22-13+. The molecule has 0 bridgehead atoms. The highest BCUT2D eigenvalue weighted by Gasteiger charge is 2.18. The normalized spacial score (nSPS) is 15.0. The molecule has 1 aliphatic rings. The van der Waals surface area contributed by atoms with Gasteiger partial charge in [0, 0.05) is 31.9 Å². The maximum Gasteiger partial charge on any atom is 0.254 e. The van der Waals surface area contributed by atoms with Crippen LogP contribution in [0.3, 0.4) is 0 Å². The molecule has 1 heterocycles. The molecule has 0 aliphatic carbocycles. The van der Waals surface area contributed by atoms with Gasteiger partial charge in [-0.3, -0.25) is 9.69 Å². The number of piperazine rings is 1. The van der Waals surface area contributed by atoms with Gasteiger partial charge >= 0.3 is 0 Å².